The van der Waals surface area contributed by atoms with Crippen LogP contribution < -0.4 is 10.6 Å². The first kappa shape index (κ1) is 17.3. The third kappa shape index (κ3) is 5.31. The Hall–Kier alpha value is -1.03. The van der Waals surface area contributed by atoms with Gasteiger partial charge in [-0.2, -0.15) is 13.2 Å². The van der Waals surface area contributed by atoms with E-state index in [1.807, 2.05) is 0 Å². The largest absolute Gasteiger partial charge is 0.401 e. The van der Waals surface area contributed by atoms with Gasteiger partial charge in [0.25, 0.3) is 0 Å². The summed E-state index contributed by atoms with van der Waals surface area (Å²) in [4.78, 5) is 5.37. The van der Waals surface area contributed by atoms with Crippen LogP contribution in [0.5, 0.6) is 0 Å². The second-order valence-electron chi connectivity index (χ2n) is 5.80. The van der Waals surface area contributed by atoms with E-state index in [0.717, 1.165) is 0 Å². The zero-order valence-corrected chi connectivity index (χ0v) is 13.2. The topological polar surface area (TPSA) is 73.8 Å². The van der Waals surface area contributed by atoms with Crippen molar-refractivity contribution < 1.29 is 21.6 Å². The van der Waals surface area contributed by atoms with Gasteiger partial charge >= 0.3 is 6.18 Å². The predicted molar refractivity (Wildman–Crippen MR) is 77.6 cm³/mol. The van der Waals surface area contributed by atoms with E-state index >= 15 is 0 Å². The molecule has 0 aromatic heterocycles. The molecule has 0 bridgehead atoms. The molecule has 2 saturated heterocycles. The summed E-state index contributed by atoms with van der Waals surface area (Å²) in [6, 6.07) is -0.310. The summed E-state index contributed by atoms with van der Waals surface area (Å²) in [6.45, 7) is -0.229. The molecule has 2 fully saturated rings. The van der Waals surface area contributed by atoms with Crippen LogP contribution in [0.3, 0.4) is 0 Å². The van der Waals surface area contributed by atoms with Gasteiger partial charge in [0.05, 0.1) is 18.1 Å². The zero-order valence-electron chi connectivity index (χ0n) is 12.4. The van der Waals surface area contributed by atoms with Crippen molar-refractivity contribution in [2.75, 3.05) is 38.2 Å². The molecule has 0 aromatic carbocycles. The molecule has 6 nitrogen and oxygen atoms in total. The van der Waals surface area contributed by atoms with E-state index in [1.165, 1.54) is 4.90 Å². The number of nitrogens with one attached hydrogen (secondary N) is 2. The summed E-state index contributed by atoms with van der Waals surface area (Å²) in [6.07, 6.45) is -3.07. The molecule has 2 aliphatic heterocycles. The number of sulfone groups is 1. The monoisotopic (exact) mass is 342 g/mol. The molecule has 2 N–H and O–H groups in total. The molecule has 0 amide bonds. The van der Waals surface area contributed by atoms with Crippen molar-refractivity contribution in [3.8, 4) is 0 Å². The van der Waals surface area contributed by atoms with E-state index in [4.69, 9.17) is 0 Å². The van der Waals surface area contributed by atoms with E-state index < -0.39 is 22.6 Å². The molecule has 0 saturated carbocycles. The molecule has 2 rings (SSSR count). The number of halogens is 3. The van der Waals surface area contributed by atoms with Gasteiger partial charge in [-0.15, -0.1) is 0 Å². The van der Waals surface area contributed by atoms with Gasteiger partial charge in [0.2, 0.25) is 0 Å². The molecule has 2 aliphatic rings. The quantitative estimate of drug-likeness (QED) is 0.557. The van der Waals surface area contributed by atoms with Gasteiger partial charge in [0.1, 0.15) is 0 Å². The number of aliphatic imine (C=N–C) groups is 1. The van der Waals surface area contributed by atoms with E-state index in [-0.39, 0.29) is 23.6 Å². The molecule has 10 heteroatoms. The van der Waals surface area contributed by atoms with Gasteiger partial charge in [-0.3, -0.25) is 9.89 Å². The Labute approximate surface area is 128 Å². The average molecular weight is 342 g/mol. The number of hydrogen-bond donors (Lipinski definition) is 2. The van der Waals surface area contributed by atoms with Crippen molar-refractivity contribution in [2.24, 2.45) is 4.99 Å². The van der Waals surface area contributed by atoms with Crippen molar-refractivity contribution in [2.45, 2.75) is 31.1 Å². The Morgan fingerprint density at radius 1 is 1.27 bits per heavy atom. The lowest BCUT2D eigenvalue weighted by Gasteiger charge is -2.21. The fourth-order valence-electron chi connectivity index (χ4n) is 2.81. The van der Waals surface area contributed by atoms with Crippen molar-refractivity contribution in [3.05, 3.63) is 0 Å². The highest BCUT2D eigenvalue weighted by atomic mass is 32.2. The standard InChI is InChI=1S/C12H21F3N4O2S/c1-16-11(18-10-3-5-22(20,21)7-10)17-9-2-4-19(6-9)8-12(13,14)15/h9-10H,2-8H2,1H3,(H2,16,17,18). The van der Waals surface area contributed by atoms with Crippen LogP contribution in [-0.4, -0.2) is 75.7 Å². The van der Waals surface area contributed by atoms with Crippen LogP contribution in [0, 0.1) is 0 Å². The number of rotatable bonds is 3. The van der Waals surface area contributed by atoms with Crippen LogP contribution in [0.15, 0.2) is 4.99 Å². The van der Waals surface area contributed by atoms with Crippen LogP contribution in [0.4, 0.5) is 13.2 Å². The fraction of sp³-hybridized carbons (Fsp3) is 0.917. The van der Waals surface area contributed by atoms with Gasteiger partial charge in [-0.05, 0) is 12.8 Å². The maximum Gasteiger partial charge on any atom is 0.401 e. The van der Waals surface area contributed by atoms with Gasteiger partial charge in [0, 0.05) is 32.2 Å². The van der Waals surface area contributed by atoms with Crippen molar-refractivity contribution in [1.82, 2.24) is 15.5 Å². The van der Waals surface area contributed by atoms with E-state index in [0.29, 0.717) is 31.9 Å². The maximum atomic E-state index is 12.4. The summed E-state index contributed by atoms with van der Waals surface area (Å²) in [5.74, 6) is 0.671. The number of guanidine groups is 1. The van der Waals surface area contributed by atoms with Crippen molar-refractivity contribution in [3.63, 3.8) is 0 Å². The van der Waals surface area contributed by atoms with E-state index in [1.54, 1.807) is 7.05 Å². The lowest BCUT2D eigenvalue weighted by molar-refractivity contribution is -0.143. The normalized spacial score (nSPS) is 29.7. The van der Waals surface area contributed by atoms with Crippen LogP contribution >= 0.6 is 0 Å². The average Bonchev–Trinajstić information content (AvgIpc) is 2.93. The number of hydrogen-bond acceptors (Lipinski definition) is 4. The molecule has 0 aromatic rings. The van der Waals surface area contributed by atoms with Crippen molar-refractivity contribution in [1.29, 1.82) is 0 Å². The first-order valence-electron chi connectivity index (χ1n) is 7.16. The lowest BCUT2D eigenvalue weighted by atomic mass is 10.2. The Balaban J connectivity index is 1.80. The SMILES string of the molecule is CN=C(NC1CCN(CC(F)(F)F)C1)NC1CCS(=O)(=O)C1. The molecular weight excluding hydrogens is 321 g/mol. The first-order chi connectivity index (χ1) is 10.2. The highest BCUT2D eigenvalue weighted by Gasteiger charge is 2.35. The number of nitrogens with zero attached hydrogens (tertiary/aromatic N) is 2. The minimum atomic E-state index is -4.19. The van der Waals surface area contributed by atoms with Crippen LogP contribution in [-0.2, 0) is 9.84 Å². The third-order valence-electron chi connectivity index (χ3n) is 3.81. The Bertz CT molecular complexity index is 521. The molecular formula is C12H21F3N4O2S. The molecule has 128 valence electrons. The molecule has 0 radical (unpaired) electrons. The fourth-order valence-corrected chi connectivity index (χ4v) is 4.49. The second kappa shape index (κ2) is 6.61. The summed E-state index contributed by atoms with van der Waals surface area (Å²) < 4.78 is 59.9. The highest BCUT2D eigenvalue weighted by molar-refractivity contribution is 7.91. The minimum Gasteiger partial charge on any atom is -0.353 e. The van der Waals surface area contributed by atoms with Crippen LogP contribution in [0.2, 0.25) is 0 Å². The third-order valence-corrected chi connectivity index (χ3v) is 5.58. The minimum absolute atomic E-state index is 0.0680. The summed E-state index contributed by atoms with van der Waals surface area (Å²) in [5.41, 5.74) is 0. The Morgan fingerprint density at radius 3 is 2.50 bits per heavy atom. The van der Waals surface area contributed by atoms with Crippen LogP contribution in [0.1, 0.15) is 12.8 Å². The number of likely N-dealkylation sites (tertiary alicyclic amines) is 1. The molecule has 0 aliphatic carbocycles. The van der Waals surface area contributed by atoms with Crippen LogP contribution in [0.25, 0.3) is 0 Å². The van der Waals surface area contributed by atoms with Gasteiger partial charge in [0.15, 0.2) is 15.8 Å². The first-order valence-corrected chi connectivity index (χ1v) is 8.98. The Kier molecular flexibility index (Phi) is 5.21. The van der Waals surface area contributed by atoms with E-state index in [9.17, 15) is 21.6 Å². The predicted octanol–water partition coefficient (Wildman–Crippen LogP) is -0.0249. The molecule has 0 spiro atoms. The van der Waals surface area contributed by atoms with Crippen molar-refractivity contribution >= 4 is 15.8 Å². The smallest absolute Gasteiger partial charge is 0.353 e. The van der Waals surface area contributed by atoms with Gasteiger partial charge in [-0.1, -0.05) is 0 Å². The Morgan fingerprint density at radius 2 is 1.95 bits per heavy atom. The molecule has 2 unspecified atom stereocenters. The second-order valence-corrected chi connectivity index (χ2v) is 8.03. The van der Waals surface area contributed by atoms with Gasteiger partial charge in [-0.25, -0.2) is 8.42 Å². The summed E-state index contributed by atoms with van der Waals surface area (Å²) in [7, 11) is -1.43. The molecule has 2 heterocycles. The molecule has 2 atom stereocenters. The van der Waals surface area contributed by atoms with E-state index in [2.05, 4.69) is 15.6 Å². The van der Waals surface area contributed by atoms with Gasteiger partial charge < -0.3 is 10.6 Å². The maximum absolute atomic E-state index is 12.4. The zero-order chi connectivity index (χ0) is 16.4. The summed E-state index contributed by atoms with van der Waals surface area (Å²) >= 11 is 0. The lowest BCUT2D eigenvalue weighted by Crippen LogP contribution is -2.48. The summed E-state index contributed by atoms with van der Waals surface area (Å²) in [5, 5.41) is 6.10. The molecule has 22 heavy (non-hydrogen) atoms. The highest BCUT2D eigenvalue weighted by Crippen LogP contribution is 2.20. The number of alkyl halides is 3.